The summed E-state index contributed by atoms with van der Waals surface area (Å²) in [5.41, 5.74) is 0. The minimum Gasteiger partial charge on any atom is -0.480 e. The molecule has 0 heterocycles. The Morgan fingerprint density at radius 3 is 2.40 bits per heavy atom. The Balaban J connectivity index is 2.77. The maximum Gasteiger partial charge on any atom is 0.326 e. The number of rotatable bonds is 6. The number of amides is 1. The largest absolute Gasteiger partial charge is 0.480 e. The minimum atomic E-state index is -3.71. The van der Waals surface area contributed by atoms with Crippen molar-refractivity contribution in [3.8, 4) is 0 Å². The number of carbonyl (C=O) groups is 2. The van der Waals surface area contributed by atoms with Crippen molar-refractivity contribution in [3.63, 3.8) is 0 Å². The summed E-state index contributed by atoms with van der Waals surface area (Å²) in [6.07, 6.45) is 1.02. The standard InChI is InChI=1S/C13H15NO5S/c1-2-11(13(16)17)14-12(15)8-9-20(18,19)10-6-4-3-5-7-10/h3-9,11H,2H2,1H3,(H,14,15)(H,16,17)/t11-/m1/s1. The number of benzene rings is 1. The van der Waals surface area contributed by atoms with Crippen LogP contribution in [0.4, 0.5) is 0 Å². The lowest BCUT2D eigenvalue weighted by molar-refractivity contribution is -0.141. The first-order chi connectivity index (χ1) is 9.36. The average molecular weight is 297 g/mol. The quantitative estimate of drug-likeness (QED) is 0.761. The molecule has 0 aliphatic rings. The highest BCUT2D eigenvalue weighted by molar-refractivity contribution is 7.94. The molecule has 0 aromatic heterocycles. The molecule has 1 aromatic carbocycles. The fourth-order valence-corrected chi connectivity index (χ4v) is 2.39. The van der Waals surface area contributed by atoms with Crippen LogP contribution in [0.5, 0.6) is 0 Å². The normalized spacial score (nSPS) is 13.1. The zero-order valence-corrected chi connectivity index (χ0v) is 11.6. The van der Waals surface area contributed by atoms with Crippen LogP contribution < -0.4 is 5.32 Å². The van der Waals surface area contributed by atoms with Gasteiger partial charge in [0.1, 0.15) is 6.04 Å². The van der Waals surface area contributed by atoms with E-state index in [0.717, 1.165) is 11.5 Å². The maximum absolute atomic E-state index is 11.8. The molecule has 1 rings (SSSR count). The van der Waals surface area contributed by atoms with Crippen molar-refractivity contribution in [3.05, 3.63) is 41.8 Å². The van der Waals surface area contributed by atoms with E-state index in [9.17, 15) is 18.0 Å². The van der Waals surface area contributed by atoms with Gasteiger partial charge in [-0.1, -0.05) is 25.1 Å². The van der Waals surface area contributed by atoms with Gasteiger partial charge < -0.3 is 10.4 Å². The number of hydrogen-bond donors (Lipinski definition) is 2. The van der Waals surface area contributed by atoms with Crippen LogP contribution in [0, 0.1) is 0 Å². The van der Waals surface area contributed by atoms with E-state index < -0.39 is 27.8 Å². The smallest absolute Gasteiger partial charge is 0.326 e. The molecule has 0 unspecified atom stereocenters. The van der Waals surface area contributed by atoms with Crippen molar-refractivity contribution in [1.29, 1.82) is 0 Å². The molecular formula is C13H15NO5S. The van der Waals surface area contributed by atoms with Crippen molar-refractivity contribution in [1.82, 2.24) is 5.32 Å². The van der Waals surface area contributed by atoms with Gasteiger partial charge in [-0.05, 0) is 18.6 Å². The van der Waals surface area contributed by atoms with Crippen LogP contribution in [-0.2, 0) is 19.4 Å². The van der Waals surface area contributed by atoms with E-state index in [4.69, 9.17) is 5.11 Å². The number of aliphatic carboxylic acids is 1. The summed E-state index contributed by atoms with van der Waals surface area (Å²) < 4.78 is 23.7. The molecule has 1 atom stereocenters. The molecule has 20 heavy (non-hydrogen) atoms. The lowest BCUT2D eigenvalue weighted by atomic mass is 10.2. The number of sulfone groups is 1. The molecule has 0 saturated carbocycles. The number of carboxylic acid groups (broad SMARTS) is 1. The van der Waals surface area contributed by atoms with Crippen molar-refractivity contribution in [2.45, 2.75) is 24.3 Å². The van der Waals surface area contributed by atoms with Crippen LogP contribution in [0.1, 0.15) is 13.3 Å². The van der Waals surface area contributed by atoms with E-state index in [0.29, 0.717) is 0 Å². The summed E-state index contributed by atoms with van der Waals surface area (Å²) in [5.74, 6) is -1.93. The first-order valence-electron chi connectivity index (χ1n) is 5.88. The van der Waals surface area contributed by atoms with Crippen LogP contribution in [0.2, 0.25) is 0 Å². The molecule has 0 fully saturated rings. The van der Waals surface area contributed by atoms with Gasteiger partial charge >= 0.3 is 5.97 Å². The van der Waals surface area contributed by atoms with E-state index in [2.05, 4.69) is 5.32 Å². The van der Waals surface area contributed by atoms with E-state index in [1.54, 1.807) is 25.1 Å². The van der Waals surface area contributed by atoms with Gasteiger partial charge in [-0.15, -0.1) is 0 Å². The Kier molecular flexibility index (Phi) is 5.45. The lowest BCUT2D eigenvalue weighted by Gasteiger charge is -2.09. The zero-order valence-electron chi connectivity index (χ0n) is 10.8. The molecule has 7 heteroatoms. The molecule has 2 N–H and O–H groups in total. The summed E-state index contributed by atoms with van der Waals surface area (Å²) in [4.78, 5) is 22.3. The first kappa shape index (κ1) is 15.9. The topological polar surface area (TPSA) is 101 Å². The molecule has 0 radical (unpaired) electrons. The minimum absolute atomic E-state index is 0.0642. The molecule has 108 valence electrons. The van der Waals surface area contributed by atoms with Gasteiger partial charge in [0, 0.05) is 11.5 Å². The number of carboxylic acids is 1. The van der Waals surface area contributed by atoms with E-state index >= 15 is 0 Å². The molecule has 0 bridgehead atoms. The number of hydrogen-bond acceptors (Lipinski definition) is 4. The fraction of sp³-hybridized carbons (Fsp3) is 0.231. The molecule has 1 amide bonds. The highest BCUT2D eigenvalue weighted by Crippen LogP contribution is 2.10. The summed E-state index contributed by atoms with van der Waals surface area (Å²) in [7, 11) is -3.71. The molecule has 0 saturated heterocycles. The second-order valence-electron chi connectivity index (χ2n) is 3.97. The highest BCUT2D eigenvalue weighted by atomic mass is 32.2. The van der Waals surface area contributed by atoms with Gasteiger partial charge in [0.25, 0.3) is 0 Å². The molecule has 0 spiro atoms. The van der Waals surface area contributed by atoms with Gasteiger partial charge in [-0.2, -0.15) is 0 Å². The molecule has 6 nitrogen and oxygen atoms in total. The van der Waals surface area contributed by atoms with Crippen LogP contribution in [0.3, 0.4) is 0 Å². The zero-order chi connectivity index (χ0) is 15.2. The Hall–Kier alpha value is -2.15. The van der Waals surface area contributed by atoms with Gasteiger partial charge in [-0.25, -0.2) is 13.2 Å². The third kappa shape index (κ3) is 4.51. The summed E-state index contributed by atoms with van der Waals surface area (Å²) >= 11 is 0. The predicted octanol–water partition coefficient (Wildman–Crippen LogP) is 0.953. The van der Waals surface area contributed by atoms with Crippen LogP contribution >= 0.6 is 0 Å². The Morgan fingerprint density at radius 1 is 1.30 bits per heavy atom. The Morgan fingerprint density at radius 2 is 1.90 bits per heavy atom. The van der Waals surface area contributed by atoms with Gasteiger partial charge in [0.2, 0.25) is 5.91 Å². The van der Waals surface area contributed by atoms with Crippen LogP contribution in [0.15, 0.2) is 46.7 Å². The average Bonchev–Trinajstić information content (AvgIpc) is 2.43. The van der Waals surface area contributed by atoms with Crippen molar-refractivity contribution in [2.24, 2.45) is 0 Å². The number of carbonyl (C=O) groups excluding carboxylic acids is 1. The SMILES string of the molecule is CC[C@@H](NC(=O)C=CS(=O)(=O)c1ccccc1)C(=O)O. The van der Waals surface area contributed by atoms with Crippen LogP contribution in [-0.4, -0.2) is 31.4 Å². The predicted molar refractivity (Wildman–Crippen MR) is 72.6 cm³/mol. The van der Waals surface area contributed by atoms with Crippen molar-refractivity contribution in [2.75, 3.05) is 0 Å². The third-order valence-corrected chi connectivity index (χ3v) is 3.92. The molecule has 0 aliphatic carbocycles. The van der Waals surface area contributed by atoms with E-state index in [1.807, 2.05) is 0 Å². The third-order valence-electron chi connectivity index (χ3n) is 2.49. The second-order valence-corrected chi connectivity index (χ2v) is 5.80. The monoisotopic (exact) mass is 297 g/mol. The van der Waals surface area contributed by atoms with Crippen molar-refractivity contribution < 1.29 is 23.1 Å². The van der Waals surface area contributed by atoms with Gasteiger partial charge in [0.15, 0.2) is 9.84 Å². The maximum atomic E-state index is 11.8. The van der Waals surface area contributed by atoms with Crippen molar-refractivity contribution >= 4 is 21.7 Å². The lowest BCUT2D eigenvalue weighted by Crippen LogP contribution is -2.39. The summed E-state index contributed by atoms with van der Waals surface area (Å²) in [5, 5.41) is 11.7. The number of nitrogens with one attached hydrogen (secondary N) is 1. The molecular weight excluding hydrogens is 282 g/mol. The molecule has 0 aliphatic heterocycles. The summed E-state index contributed by atoms with van der Waals surface area (Å²) in [6, 6.07) is 6.59. The van der Waals surface area contributed by atoms with E-state index in [-0.39, 0.29) is 11.3 Å². The van der Waals surface area contributed by atoms with Crippen LogP contribution in [0.25, 0.3) is 0 Å². The summed E-state index contributed by atoms with van der Waals surface area (Å²) in [6.45, 7) is 1.60. The molecule has 1 aromatic rings. The second kappa shape index (κ2) is 6.85. The fourth-order valence-electron chi connectivity index (χ4n) is 1.40. The van der Waals surface area contributed by atoms with Gasteiger partial charge in [0.05, 0.1) is 4.90 Å². The van der Waals surface area contributed by atoms with E-state index in [1.165, 1.54) is 12.1 Å². The first-order valence-corrected chi connectivity index (χ1v) is 7.43. The van der Waals surface area contributed by atoms with Gasteiger partial charge in [-0.3, -0.25) is 4.79 Å². The Labute approximate surface area is 117 Å². The Bertz CT molecular complexity index is 607. The highest BCUT2D eigenvalue weighted by Gasteiger charge is 2.17.